The molecule has 0 radical (unpaired) electrons. The smallest absolute Gasteiger partial charge is 0.279 e. The zero-order valence-corrected chi connectivity index (χ0v) is 15.8. The first-order valence-electron chi connectivity index (χ1n) is 7.44. The van der Waals surface area contributed by atoms with E-state index in [4.69, 9.17) is 0 Å². The minimum atomic E-state index is -4.47. The van der Waals surface area contributed by atoms with Crippen LogP contribution in [0.15, 0.2) is 46.0 Å². The van der Waals surface area contributed by atoms with Crippen LogP contribution in [0.25, 0.3) is 9.88 Å². The summed E-state index contributed by atoms with van der Waals surface area (Å²) in [6.45, 7) is 1.98. The Hall–Kier alpha value is -1.91. The van der Waals surface area contributed by atoms with Gasteiger partial charge in [-0.15, -0.1) is 22.7 Å². The van der Waals surface area contributed by atoms with Crippen molar-refractivity contribution in [1.82, 2.24) is 4.98 Å². The number of aryl methyl sites for hydroxylation is 1. The van der Waals surface area contributed by atoms with Crippen LogP contribution in [-0.4, -0.2) is 13.4 Å². The lowest BCUT2D eigenvalue weighted by molar-refractivity contribution is -0.137. The molecule has 4 nitrogen and oxygen atoms in total. The van der Waals surface area contributed by atoms with Crippen LogP contribution in [0.3, 0.4) is 0 Å². The molecule has 0 aliphatic heterocycles. The maximum Gasteiger partial charge on any atom is 0.416 e. The third-order valence-electron chi connectivity index (χ3n) is 3.44. The molecule has 0 atom stereocenters. The molecule has 0 aliphatic rings. The molecule has 0 saturated heterocycles. The molecule has 138 valence electrons. The number of hydrogen-bond donors (Lipinski definition) is 1. The van der Waals surface area contributed by atoms with Crippen LogP contribution in [0.1, 0.15) is 18.2 Å². The number of rotatable bonds is 5. The van der Waals surface area contributed by atoms with E-state index in [0.29, 0.717) is 0 Å². The second-order valence-electron chi connectivity index (χ2n) is 5.30. The molecule has 3 aromatic rings. The Bertz CT molecular complexity index is 1010. The van der Waals surface area contributed by atoms with Gasteiger partial charge in [0.05, 0.1) is 16.1 Å². The minimum absolute atomic E-state index is 0.0652. The highest BCUT2D eigenvalue weighted by atomic mass is 32.2. The van der Waals surface area contributed by atoms with Crippen molar-refractivity contribution in [1.29, 1.82) is 0 Å². The predicted octanol–water partition coefficient (Wildman–Crippen LogP) is 5.25. The van der Waals surface area contributed by atoms with E-state index in [1.54, 1.807) is 6.07 Å². The highest BCUT2D eigenvalue weighted by molar-refractivity contribution is 7.94. The normalized spacial score (nSPS) is 12.3. The second kappa shape index (κ2) is 7.01. The van der Waals surface area contributed by atoms with Gasteiger partial charge < -0.3 is 0 Å². The van der Waals surface area contributed by atoms with Gasteiger partial charge in [0.15, 0.2) is 0 Å². The van der Waals surface area contributed by atoms with Gasteiger partial charge in [-0.25, -0.2) is 13.4 Å². The standard InChI is InChI=1S/C16H13F3N2O2S3/c1-2-11-9-24-15(20-11)13-7-8-14(25-13)26(22,23)21-12-5-3-10(4-6-12)16(17,18)19/h3-9,21H,2H2,1H3. The Morgan fingerprint density at radius 2 is 1.81 bits per heavy atom. The van der Waals surface area contributed by atoms with E-state index >= 15 is 0 Å². The Balaban J connectivity index is 1.80. The number of aromatic nitrogens is 1. The van der Waals surface area contributed by atoms with Crippen molar-refractivity contribution in [2.45, 2.75) is 23.7 Å². The fraction of sp³-hybridized carbons (Fsp3) is 0.188. The fourth-order valence-electron chi connectivity index (χ4n) is 2.09. The van der Waals surface area contributed by atoms with Crippen molar-refractivity contribution >= 4 is 38.4 Å². The van der Waals surface area contributed by atoms with Crippen LogP contribution < -0.4 is 4.72 Å². The van der Waals surface area contributed by atoms with Gasteiger partial charge in [-0.3, -0.25) is 4.72 Å². The molecule has 10 heteroatoms. The molecule has 0 amide bonds. The van der Waals surface area contributed by atoms with Crippen molar-refractivity contribution in [2.24, 2.45) is 0 Å². The molecule has 1 N–H and O–H groups in total. The molecule has 0 fully saturated rings. The number of halogens is 3. The summed E-state index contributed by atoms with van der Waals surface area (Å²) in [6, 6.07) is 6.97. The molecule has 3 rings (SSSR count). The number of sulfonamides is 1. The van der Waals surface area contributed by atoms with E-state index in [2.05, 4.69) is 9.71 Å². The minimum Gasteiger partial charge on any atom is -0.279 e. The van der Waals surface area contributed by atoms with E-state index in [0.717, 1.165) is 57.6 Å². The van der Waals surface area contributed by atoms with Crippen molar-refractivity contribution in [2.75, 3.05) is 4.72 Å². The highest BCUT2D eigenvalue weighted by Gasteiger charge is 2.30. The van der Waals surface area contributed by atoms with Gasteiger partial charge in [0, 0.05) is 11.1 Å². The van der Waals surface area contributed by atoms with Crippen LogP contribution in [0.4, 0.5) is 18.9 Å². The average molecular weight is 418 g/mol. The Morgan fingerprint density at radius 1 is 1.12 bits per heavy atom. The van der Waals surface area contributed by atoms with Crippen molar-refractivity contribution < 1.29 is 21.6 Å². The number of anilines is 1. The van der Waals surface area contributed by atoms with E-state index in [1.807, 2.05) is 12.3 Å². The van der Waals surface area contributed by atoms with Crippen molar-refractivity contribution in [3.8, 4) is 9.88 Å². The lowest BCUT2D eigenvalue weighted by Gasteiger charge is -2.09. The summed E-state index contributed by atoms with van der Waals surface area (Å²) in [4.78, 5) is 5.14. The highest BCUT2D eigenvalue weighted by Crippen LogP contribution is 2.34. The van der Waals surface area contributed by atoms with E-state index in [9.17, 15) is 21.6 Å². The van der Waals surface area contributed by atoms with Crippen LogP contribution in [0.2, 0.25) is 0 Å². The van der Waals surface area contributed by atoms with Crippen molar-refractivity contribution in [3.63, 3.8) is 0 Å². The van der Waals surface area contributed by atoms with E-state index in [-0.39, 0.29) is 9.90 Å². The summed E-state index contributed by atoms with van der Waals surface area (Å²) < 4.78 is 65.0. The van der Waals surface area contributed by atoms with Crippen LogP contribution in [0, 0.1) is 0 Å². The van der Waals surface area contributed by atoms with Crippen LogP contribution >= 0.6 is 22.7 Å². The first-order valence-corrected chi connectivity index (χ1v) is 10.6. The number of nitrogens with one attached hydrogen (secondary N) is 1. The van der Waals surface area contributed by atoms with E-state index < -0.39 is 21.8 Å². The number of nitrogens with zero attached hydrogens (tertiary/aromatic N) is 1. The molecule has 1 aromatic carbocycles. The molecular formula is C16H13F3N2O2S3. The number of hydrogen-bond acceptors (Lipinski definition) is 5. The maximum absolute atomic E-state index is 12.6. The first kappa shape index (κ1) is 18.9. The molecule has 2 heterocycles. The van der Waals surface area contributed by atoms with E-state index in [1.165, 1.54) is 17.4 Å². The van der Waals surface area contributed by atoms with Gasteiger partial charge in [-0.05, 0) is 42.8 Å². The van der Waals surface area contributed by atoms with Crippen LogP contribution in [-0.2, 0) is 22.6 Å². The quantitative estimate of drug-likeness (QED) is 0.615. The third kappa shape index (κ3) is 4.08. The maximum atomic E-state index is 12.6. The van der Waals surface area contributed by atoms with Gasteiger partial charge in [0.25, 0.3) is 10.0 Å². The summed E-state index contributed by atoms with van der Waals surface area (Å²) >= 11 is 2.50. The van der Waals surface area contributed by atoms with Crippen molar-refractivity contribution in [3.05, 3.63) is 53.0 Å². The lowest BCUT2D eigenvalue weighted by atomic mass is 10.2. The lowest BCUT2D eigenvalue weighted by Crippen LogP contribution is -2.12. The number of thiophene rings is 1. The first-order chi connectivity index (χ1) is 12.2. The second-order valence-corrected chi connectivity index (χ2v) is 9.15. The number of alkyl halides is 3. The fourth-order valence-corrected chi connectivity index (χ4v) is 5.43. The summed E-state index contributed by atoms with van der Waals surface area (Å²) in [5.74, 6) is 0. The zero-order valence-electron chi connectivity index (χ0n) is 13.4. The van der Waals surface area contributed by atoms with Gasteiger partial charge in [-0.2, -0.15) is 13.2 Å². The predicted molar refractivity (Wildman–Crippen MR) is 97.1 cm³/mol. The Labute approximate surface area is 156 Å². The Kier molecular flexibility index (Phi) is 5.09. The Morgan fingerprint density at radius 3 is 2.38 bits per heavy atom. The molecule has 0 aliphatic carbocycles. The molecule has 0 spiro atoms. The molecule has 26 heavy (non-hydrogen) atoms. The number of thiazole rings is 1. The summed E-state index contributed by atoms with van der Waals surface area (Å²) in [5.41, 5.74) is 0.163. The zero-order chi connectivity index (χ0) is 18.9. The van der Waals surface area contributed by atoms with Crippen LogP contribution in [0.5, 0.6) is 0 Å². The van der Waals surface area contributed by atoms with Gasteiger partial charge in [-0.1, -0.05) is 6.92 Å². The summed E-state index contributed by atoms with van der Waals surface area (Å²) in [6.07, 6.45) is -3.67. The molecule has 2 aromatic heterocycles. The molecule has 0 saturated carbocycles. The molecular weight excluding hydrogens is 405 g/mol. The van der Waals surface area contributed by atoms with Gasteiger partial charge in [0.2, 0.25) is 0 Å². The van der Waals surface area contributed by atoms with Gasteiger partial charge in [0.1, 0.15) is 9.22 Å². The summed E-state index contributed by atoms with van der Waals surface area (Å²) in [7, 11) is -3.88. The molecule has 0 unspecified atom stereocenters. The topological polar surface area (TPSA) is 59.1 Å². The average Bonchev–Trinajstić information content (AvgIpc) is 3.23. The SMILES string of the molecule is CCc1csc(-c2ccc(S(=O)(=O)Nc3ccc(C(F)(F)F)cc3)s2)n1. The third-order valence-corrected chi connectivity index (χ3v) is 7.45. The monoisotopic (exact) mass is 418 g/mol. The van der Waals surface area contributed by atoms with Gasteiger partial charge >= 0.3 is 6.18 Å². The summed E-state index contributed by atoms with van der Waals surface area (Å²) in [5, 5.41) is 2.66. The largest absolute Gasteiger partial charge is 0.416 e. The molecule has 0 bridgehead atoms. The number of benzene rings is 1.